The first-order valence-corrected chi connectivity index (χ1v) is 8.16. The van der Waals surface area contributed by atoms with Crippen LogP contribution in [0.25, 0.3) is 0 Å². The van der Waals surface area contributed by atoms with Gasteiger partial charge >= 0.3 is 5.97 Å². The number of ether oxygens (including phenoxy) is 1. The Labute approximate surface area is 135 Å². The average molecular weight is 378 g/mol. The van der Waals surface area contributed by atoms with Crippen molar-refractivity contribution in [3.05, 3.63) is 22.4 Å². The molecular weight excluding hydrogens is 361 g/mol. The molecule has 0 heterocycles. The van der Waals surface area contributed by atoms with Gasteiger partial charge in [-0.05, 0) is 41.4 Å². The minimum atomic E-state index is -0.536. The molecule has 1 unspecified atom stereocenters. The average Bonchev–Trinajstić information content (AvgIpc) is 2.40. The summed E-state index contributed by atoms with van der Waals surface area (Å²) in [5, 5.41) is 2.04. The highest BCUT2D eigenvalue weighted by molar-refractivity contribution is 9.10. The Balaban J connectivity index is 3.00. The van der Waals surface area contributed by atoms with E-state index in [1.165, 1.54) is 30.8 Å². The number of rotatable bonds is 6. The highest BCUT2D eigenvalue weighted by Crippen LogP contribution is 2.36. The van der Waals surface area contributed by atoms with Gasteiger partial charge in [-0.3, -0.25) is 9.59 Å². The van der Waals surface area contributed by atoms with Crippen molar-refractivity contribution < 1.29 is 18.7 Å². The minimum absolute atomic E-state index is 0.0897. The molecule has 0 aliphatic heterocycles. The lowest BCUT2D eigenvalue weighted by molar-refractivity contribution is -0.142. The van der Waals surface area contributed by atoms with E-state index in [-0.39, 0.29) is 22.8 Å². The molecule has 21 heavy (non-hydrogen) atoms. The normalized spacial score (nSPS) is 11.9. The second-order valence-corrected chi connectivity index (χ2v) is 6.31. The van der Waals surface area contributed by atoms with Crippen molar-refractivity contribution in [2.45, 2.75) is 37.3 Å². The van der Waals surface area contributed by atoms with Gasteiger partial charge in [-0.1, -0.05) is 6.92 Å². The number of carbonyl (C=O) groups is 2. The Kier molecular flexibility index (Phi) is 7.17. The maximum Gasteiger partial charge on any atom is 0.319 e. The quantitative estimate of drug-likeness (QED) is 0.601. The number of amides is 1. The van der Waals surface area contributed by atoms with Gasteiger partial charge in [-0.2, -0.15) is 0 Å². The molecule has 0 aromatic heterocycles. The largest absolute Gasteiger partial charge is 0.465 e. The fourth-order valence-corrected chi connectivity index (χ4v) is 3.18. The smallest absolute Gasteiger partial charge is 0.319 e. The molecule has 0 saturated carbocycles. The van der Waals surface area contributed by atoms with Crippen LogP contribution < -0.4 is 5.32 Å². The molecular formula is C14H17BrFNO3S. The zero-order valence-electron chi connectivity index (χ0n) is 12.0. The maximum atomic E-state index is 13.7. The molecule has 4 nitrogen and oxygen atoms in total. The lowest BCUT2D eigenvalue weighted by atomic mass is 10.3. The highest BCUT2D eigenvalue weighted by atomic mass is 79.9. The summed E-state index contributed by atoms with van der Waals surface area (Å²) in [6.45, 7) is 5.25. The maximum absolute atomic E-state index is 13.7. The summed E-state index contributed by atoms with van der Waals surface area (Å²) < 4.78 is 19.3. The molecule has 0 bridgehead atoms. The molecule has 1 N–H and O–H groups in total. The molecule has 1 atom stereocenters. The SMILES string of the molecule is CCOC(=O)C(CC)Sc1cc(NC(C)=O)c(F)cc1Br. The van der Waals surface area contributed by atoms with Gasteiger partial charge in [0.15, 0.2) is 0 Å². The van der Waals surface area contributed by atoms with Crippen molar-refractivity contribution >= 4 is 45.3 Å². The highest BCUT2D eigenvalue weighted by Gasteiger charge is 2.21. The number of esters is 1. The van der Waals surface area contributed by atoms with Gasteiger partial charge in [-0.25, -0.2) is 4.39 Å². The Bertz CT molecular complexity index is 539. The van der Waals surface area contributed by atoms with E-state index in [0.717, 1.165) is 0 Å². The van der Waals surface area contributed by atoms with Crippen LogP contribution >= 0.6 is 27.7 Å². The van der Waals surface area contributed by atoms with Gasteiger partial charge in [0, 0.05) is 16.3 Å². The second kappa shape index (κ2) is 8.38. The number of benzene rings is 1. The topological polar surface area (TPSA) is 55.4 Å². The monoisotopic (exact) mass is 377 g/mol. The van der Waals surface area contributed by atoms with Crippen molar-refractivity contribution in [1.29, 1.82) is 0 Å². The molecule has 7 heteroatoms. The summed E-state index contributed by atoms with van der Waals surface area (Å²) in [5.41, 5.74) is 0.0897. The van der Waals surface area contributed by atoms with Crippen LogP contribution in [0.4, 0.5) is 10.1 Å². The number of hydrogen-bond acceptors (Lipinski definition) is 4. The fraction of sp³-hybridized carbons (Fsp3) is 0.429. The predicted molar refractivity (Wildman–Crippen MR) is 85.0 cm³/mol. The van der Waals surface area contributed by atoms with Crippen LogP contribution in [0.1, 0.15) is 27.2 Å². The van der Waals surface area contributed by atoms with Crippen molar-refractivity contribution in [2.24, 2.45) is 0 Å². The molecule has 0 spiro atoms. The molecule has 0 radical (unpaired) electrons. The summed E-state index contributed by atoms with van der Waals surface area (Å²) in [5.74, 6) is -1.20. The van der Waals surface area contributed by atoms with Crippen LogP contribution in [0.3, 0.4) is 0 Å². The number of hydrogen-bond donors (Lipinski definition) is 1. The fourth-order valence-electron chi connectivity index (χ4n) is 1.59. The molecule has 1 aromatic rings. The van der Waals surface area contributed by atoms with Gasteiger partial charge < -0.3 is 10.1 Å². The molecule has 0 saturated heterocycles. The summed E-state index contributed by atoms with van der Waals surface area (Å²) >= 11 is 4.54. The molecule has 0 aliphatic rings. The van der Waals surface area contributed by atoms with Gasteiger partial charge in [0.05, 0.1) is 12.3 Å². The van der Waals surface area contributed by atoms with Crippen LogP contribution in [-0.4, -0.2) is 23.7 Å². The van der Waals surface area contributed by atoms with Gasteiger partial charge in [0.2, 0.25) is 5.91 Å². The Morgan fingerprint density at radius 2 is 2.10 bits per heavy atom. The van der Waals surface area contributed by atoms with E-state index in [2.05, 4.69) is 21.2 Å². The Hall–Kier alpha value is -1.08. The van der Waals surface area contributed by atoms with Crippen molar-refractivity contribution in [3.8, 4) is 0 Å². The first kappa shape index (κ1) is 18.0. The number of anilines is 1. The van der Waals surface area contributed by atoms with E-state index < -0.39 is 5.82 Å². The van der Waals surface area contributed by atoms with Crippen LogP contribution in [0.15, 0.2) is 21.5 Å². The third kappa shape index (κ3) is 5.32. The third-order valence-electron chi connectivity index (χ3n) is 2.52. The van der Waals surface area contributed by atoms with Crippen molar-refractivity contribution in [2.75, 3.05) is 11.9 Å². The lowest BCUT2D eigenvalue weighted by Gasteiger charge is -2.15. The van der Waals surface area contributed by atoms with Crippen molar-refractivity contribution in [1.82, 2.24) is 0 Å². The van der Waals surface area contributed by atoms with Gasteiger partial charge in [0.1, 0.15) is 11.1 Å². The lowest BCUT2D eigenvalue weighted by Crippen LogP contribution is -2.19. The number of nitrogens with one attached hydrogen (secondary N) is 1. The molecule has 0 aliphatic carbocycles. The first-order chi connectivity index (χ1) is 9.88. The number of thioether (sulfide) groups is 1. The van der Waals surface area contributed by atoms with E-state index in [9.17, 15) is 14.0 Å². The van der Waals surface area contributed by atoms with E-state index >= 15 is 0 Å². The van der Waals surface area contributed by atoms with Crippen molar-refractivity contribution in [3.63, 3.8) is 0 Å². The second-order valence-electron chi connectivity index (χ2n) is 4.21. The summed E-state index contributed by atoms with van der Waals surface area (Å²) in [6, 6.07) is 2.78. The Morgan fingerprint density at radius 1 is 1.43 bits per heavy atom. The Morgan fingerprint density at radius 3 is 2.62 bits per heavy atom. The number of halogens is 2. The third-order valence-corrected chi connectivity index (χ3v) is 4.84. The summed E-state index contributed by atoms with van der Waals surface area (Å²) in [4.78, 5) is 23.5. The van der Waals surface area contributed by atoms with Gasteiger partial charge in [-0.15, -0.1) is 11.8 Å². The van der Waals surface area contributed by atoms with Crippen LogP contribution in [0.2, 0.25) is 0 Å². The zero-order valence-corrected chi connectivity index (χ0v) is 14.4. The summed E-state index contributed by atoms with van der Waals surface area (Å²) in [7, 11) is 0. The standard InChI is InChI=1S/C14H17BrFNO3S/c1-4-12(14(19)20-5-2)21-13-7-11(17-8(3)18)10(16)6-9(13)15/h6-7,12H,4-5H2,1-3H3,(H,17,18). The van der Waals surface area contributed by atoms with Crippen LogP contribution in [0.5, 0.6) is 0 Å². The molecule has 0 fully saturated rings. The van der Waals surface area contributed by atoms with E-state index in [4.69, 9.17) is 4.74 Å². The molecule has 1 rings (SSSR count). The molecule has 1 aromatic carbocycles. The van der Waals surface area contributed by atoms with E-state index in [1.54, 1.807) is 6.92 Å². The molecule has 1 amide bonds. The predicted octanol–water partition coefficient (Wildman–Crippen LogP) is 3.98. The zero-order chi connectivity index (χ0) is 16.0. The van der Waals surface area contributed by atoms with E-state index in [1.807, 2.05) is 6.92 Å². The van der Waals surface area contributed by atoms with Crippen LogP contribution in [0, 0.1) is 5.82 Å². The minimum Gasteiger partial charge on any atom is -0.465 e. The summed E-state index contributed by atoms with van der Waals surface area (Å²) in [6.07, 6.45) is 0.586. The number of carbonyl (C=O) groups excluding carboxylic acids is 2. The van der Waals surface area contributed by atoms with Crippen LogP contribution in [-0.2, 0) is 14.3 Å². The van der Waals surface area contributed by atoms with E-state index in [0.29, 0.717) is 22.4 Å². The first-order valence-electron chi connectivity index (χ1n) is 6.48. The van der Waals surface area contributed by atoms with Gasteiger partial charge in [0.25, 0.3) is 0 Å². The molecule has 116 valence electrons.